The highest BCUT2D eigenvalue weighted by atomic mass is 32.2. The lowest BCUT2D eigenvalue weighted by atomic mass is 9.79. The predicted molar refractivity (Wildman–Crippen MR) is 68.8 cm³/mol. The van der Waals surface area contributed by atoms with Gasteiger partial charge in [-0.15, -0.1) is 0 Å². The first-order chi connectivity index (χ1) is 6.81. The number of fused-ring (bicyclic) bond motifs is 1. The lowest BCUT2D eigenvalue weighted by Gasteiger charge is -2.28. The molecule has 0 spiro atoms. The Hall–Kier alpha value is 0.0200. The monoisotopic (exact) mass is 228 g/mol. The van der Waals surface area contributed by atoms with Gasteiger partial charge < -0.3 is 0 Å². The Morgan fingerprint density at radius 2 is 1.93 bits per heavy atom. The molecule has 1 heterocycles. The Balaban J connectivity index is 2.19. The summed E-state index contributed by atoms with van der Waals surface area (Å²) in [6, 6.07) is 0. The molecule has 0 bridgehead atoms. The molecular formula is C13H24OS. The lowest BCUT2D eigenvalue weighted by Crippen LogP contribution is -2.32. The SMILES string of the molecule is C=S1(=O)CCCC2CC(C(C)(C)C)CC21. The highest BCUT2D eigenvalue weighted by Crippen LogP contribution is 2.48. The summed E-state index contributed by atoms with van der Waals surface area (Å²) in [6.07, 6.45) is 4.89. The normalized spacial score (nSPS) is 46.5. The molecule has 1 aliphatic heterocycles. The summed E-state index contributed by atoms with van der Waals surface area (Å²) < 4.78 is 12.4. The second-order valence-corrected chi connectivity index (χ2v) is 9.30. The molecule has 1 saturated heterocycles. The molecule has 2 fully saturated rings. The van der Waals surface area contributed by atoms with E-state index in [1.54, 1.807) is 0 Å². The van der Waals surface area contributed by atoms with Gasteiger partial charge in [0.05, 0.1) is 0 Å². The molecular weight excluding hydrogens is 204 g/mol. The van der Waals surface area contributed by atoms with E-state index in [1.165, 1.54) is 12.8 Å². The third-order valence-corrected chi connectivity index (χ3v) is 7.13. The van der Waals surface area contributed by atoms with Gasteiger partial charge in [0.1, 0.15) is 0 Å². The van der Waals surface area contributed by atoms with Crippen molar-refractivity contribution in [2.45, 2.75) is 51.7 Å². The summed E-state index contributed by atoms with van der Waals surface area (Å²) in [6.45, 7) is 6.96. The van der Waals surface area contributed by atoms with E-state index in [0.29, 0.717) is 16.6 Å². The summed E-state index contributed by atoms with van der Waals surface area (Å²) in [5, 5.41) is 0.440. The van der Waals surface area contributed by atoms with E-state index in [4.69, 9.17) is 0 Å². The van der Waals surface area contributed by atoms with Crippen LogP contribution in [0.25, 0.3) is 0 Å². The van der Waals surface area contributed by atoms with Gasteiger partial charge in [-0.05, 0) is 58.3 Å². The summed E-state index contributed by atoms with van der Waals surface area (Å²) in [4.78, 5) is 0. The Kier molecular flexibility index (Phi) is 2.69. The van der Waals surface area contributed by atoms with E-state index < -0.39 is 9.52 Å². The van der Waals surface area contributed by atoms with E-state index >= 15 is 0 Å². The molecule has 2 heteroatoms. The molecule has 2 aliphatic rings. The molecule has 0 aromatic carbocycles. The van der Waals surface area contributed by atoms with Gasteiger partial charge in [-0.2, -0.15) is 0 Å². The molecule has 2 rings (SSSR count). The van der Waals surface area contributed by atoms with Crippen LogP contribution >= 0.6 is 0 Å². The molecule has 15 heavy (non-hydrogen) atoms. The zero-order valence-electron chi connectivity index (χ0n) is 10.3. The van der Waals surface area contributed by atoms with E-state index in [-0.39, 0.29) is 0 Å². The van der Waals surface area contributed by atoms with Crippen molar-refractivity contribution in [1.29, 1.82) is 0 Å². The van der Waals surface area contributed by atoms with Gasteiger partial charge >= 0.3 is 0 Å². The van der Waals surface area contributed by atoms with Crippen molar-refractivity contribution in [2.24, 2.45) is 17.3 Å². The fourth-order valence-electron chi connectivity index (χ4n) is 3.36. The van der Waals surface area contributed by atoms with Gasteiger partial charge in [0.15, 0.2) is 0 Å². The summed E-state index contributed by atoms with van der Waals surface area (Å²) in [7, 11) is -1.75. The van der Waals surface area contributed by atoms with Crippen molar-refractivity contribution in [3.8, 4) is 0 Å². The highest BCUT2D eigenvalue weighted by molar-refractivity contribution is 8.00. The summed E-state index contributed by atoms with van der Waals surface area (Å²) in [5.41, 5.74) is 0.382. The van der Waals surface area contributed by atoms with Crippen LogP contribution in [0, 0.1) is 17.3 Å². The van der Waals surface area contributed by atoms with Gasteiger partial charge in [-0.1, -0.05) is 20.8 Å². The van der Waals surface area contributed by atoms with Crippen molar-refractivity contribution < 1.29 is 4.21 Å². The molecule has 0 radical (unpaired) electrons. The maximum atomic E-state index is 12.4. The maximum absolute atomic E-state index is 12.4. The largest absolute Gasteiger partial charge is 0.268 e. The maximum Gasteiger partial charge on any atom is 0.0303 e. The third kappa shape index (κ3) is 2.11. The quantitative estimate of drug-likeness (QED) is 0.583. The van der Waals surface area contributed by atoms with Crippen LogP contribution in [0.3, 0.4) is 0 Å². The van der Waals surface area contributed by atoms with Crippen molar-refractivity contribution in [3.63, 3.8) is 0 Å². The van der Waals surface area contributed by atoms with Crippen LogP contribution in [0.1, 0.15) is 46.5 Å². The summed E-state index contributed by atoms with van der Waals surface area (Å²) >= 11 is 0. The molecule has 0 N–H and O–H groups in total. The van der Waals surface area contributed by atoms with E-state index in [0.717, 1.165) is 24.5 Å². The van der Waals surface area contributed by atoms with Crippen LogP contribution in [0.15, 0.2) is 0 Å². The smallest absolute Gasteiger partial charge is 0.0303 e. The fourth-order valence-corrected chi connectivity index (χ4v) is 5.85. The van der Waals surface area contributed by atoms with Crippen molar-refractivity contribution in [3.05, 3.63) is 0 Å². The Bertz CT molecular complexity index is 334. The molecule has 0 amide bonds. The third-order valence-electron chi connectivity index (χ3n) is 4.47. The molecule has 0 aromatic rings. The molecule has 0 aromatic heterocycles. The minimum Gasteiger partial charge on any atom is -0.268 e. The average Bonchev–Trinajstić information content (AvgIpc) is 2.47. The van der Waals surface area contributed by atoms with Crippen LogP contribution in [0.2, 0.25) is 0 Å². The molecule has 1 nitrogen and oxygen atoms in total. The van der Waals surface area contributed by atoms with Gasteiger partial charge in [0.2, 0.25) is 0 Å². The minimum atomic E-state index is -1.75. The van der Waals surface area contributed by atoms with Crippen LogP contribution < -0.4 is 0 Å². The lowest BCUT2D eigenvalue weighted by molar-refractivity contribution is 0.238. The first kappa shape index (κ1) is 11.5. The van der Waals surface area contributed by atoms with E-state index in [1.807, 2.05) is 0 Å². The number of hydrogen-bond acceptors (Lipinski definition) is 1. The van der Waals surface area contributed by atoms with Crippen LogP contribution in [-0.2, 0) is 9.52 Å². The minimum absolute atomic E-state index is 0.382. The first-order valence-corrected chi connectivity index (χ1v) is 8.10. The predicted octanol–water partition coefficient (Wildman–Crippen LogP) is 2.94. The van der Waals surface area contributed by atoms with E-state index in [9.17, 15) is 4.21 Å². The van der Waals surface area contributed by atoms with Crippen molar-refractivity contribution in [2.75, 3.05) is 5.75 Å². The number of rotatable bonds is 0. The van der Waals surface area contributed by atoms with Crippen LogP contribution in [0.5, 0.6) is 0 Å². The van der Waals surface area contributed by atoms with Gasteiger partial charge in [0, 0.05) is 11.0 Å². The second-order valence-electron chi connectivity index (χ2n) is 6.55. The fraction of sp³-hybridized carbons (Fsp3) is 0.923. The van der Waals surface area contributed by atoms with Crippen molar-refractivity contribution >= 4 is 15.4 Å². The number of hydrogen-bond donors (Lipinski definition) is 0. The molecule has 1 saturated carbocycles. The Morgan fingerprint density at radius 3 is 2.47 bits per heavy atom. The zero-order valence-corrected chi connectivity index (χ0v) is 11.1. The second kappa shape index (κ2) is 3.51. The topological polar surface area (TPSA) is 17.1 Å². The van der Waals surface area contributed by atoms with Crippen LogP contribution in [0.4, 0.5) is 0 Å². The zero-order chi connectivity index (χ0) is 11.3. The average molecular weight is 228 g/mol. The Labute approximate surface area is 94.7 Å². The van der Waals surface area contributed by atoms with Gasteiger partial charge in [-0.25, -0.2) is 0 Å². The first-order valence-electron chi connectivity index (χ1n) is 6.14. The molecule has 1 aliphatic carbocycles. The molecule has 4 atom stereocenters. The standard InChI is InChI=1S/C13H24OS/c1-13(2,3)11-8-10-6-5-7-15(4,14)12(10)9-11/h10-12H,4-9H2,1-3H3. The van der Waals surface area contributed by atoms with Crippen molar-refractivity contribution in [1.82, 2.24) is 0 Å². The Morgan fingerprint density at radius 1 is 1.27 bits per heavy atom. The molecule has 88 valence electrons. The van der Waals surface area contributed by atoms with Gasteiger partial charge in [-0.3, -0.25) is 4.21 Å². The summed E-state index contributed by atoms with van der Waals surface area (Å²) in [5.74, 6) is 6.37. The van der Waals surface area contributed by atoms with E-state index in [2.05, 4.69) is 26.6 Å². The molecule has 4 unspecified atom stereocenters. The van der Waals surface area contributed by atoms with Crippen LogP contribution in [-0.4, -0.2) is 21.1 Å². The van der Waals surface area contributed by atoms with Gasteiger partial charge in [0.25, 0.3) is 0 Å². The highest BCUT2D eigenvalue weighted by Gasteiger charge is 2.44.